The third-order valence-electron chi connectivity index (χ3n) is 11.8. The first-order valence-corrected chi connectivity index (χ1v) is 15.1. The van der Waals surface area contributed by atoms with E-state index in [0.717, 1.165) is 12.2 Å². The van der Waals surface area contributed by atoms with E-state index in [2.05, 4.69) is 11.9 Å². The number of rotatable bonds is 7. The van der Waals surface area contributed by atoms with Crippen LogP contribution in [-0.2, 0) is 9.47 Å². The van der Waals surface area contributed by atoms with E-state index in [4.69, 9.17) is 9.47 Å². The molecule has 7 N–H and O–H groups in total. The van der Waals surface area contributed by atoms with Gasteiger partial charge in [-0.1, -0.05) is 27.7 Å². The smallest absolute Gasteiger partial charge is 0.355 e. The molecule has 0 radical (unpaired) electrons. The molecule has 2 saturated heterocycles. The van der Waals surface area contributed by atoms with Crippen LogP contribution in [0.1, 0.15) is 70.8 Å². The molecule has 0 aromatic carbocycles. The van der Waals surface area contributed by atoms with Gasteiger partial charge in [0.25, 0.3) is 0 Å². The highest BCUT2D eigenvalue weighted by molar-refractivity contribution is 7.99. The van der Waals surface area contributed by atoms with Crippen molar-refractivity contribution in [3.63, 3.8) is 0 Å². The van der Waals surface area contributed by atoms with Crippen LogP contribution >= 0.6 is 11.8 Å². The number of hydrogen-bond acceptors (Lipinski definition) is 10. The fourth-order valence-corrected chi connectivity index (χ4v) is 11.1. The lowest BCUT2D eigenvalue weighted by Gasteiger charge is -2.60. The summed E-state index contributed by atoms with van der Waals surface area (Å²) < 4.78 is 12.3. The number of aliphatic hydroxyl groups excluding tert-OH is 1. The molecule has 218 valence electrons. The molecule has 1 spiro atoms. The minimum Gasteiger partial charge on any atom is -0.451 e. The molecule has 6 fully saturated rings. The van der Waals surface area contributed by atoms with Crippen LogP contribution in [-0.4, -0.2) is 99.1 Å². The Labute approximate surface area is 232 Å². The van der Waals surface area contributed by atoms with Crippen molar-refractivity contribution >= 4 is 17.7 Å². The minimum atomic E-state index is -2.60. The molecule has 4 saturated carbocycles. The summed E-state index contributed by atoms with van der Waals surface area (Å²) in [6, 6.07) is 3.08. The molecule has 11 heteroatoms. The fourth-order valence-electron chi connectivity index (χ4n) is 10.0. The van der Waals surface area contributed by atoms with Crippen LogP contribution in [0.5, 0.6) is 0 Å². The van der Waals surface area contributed by atoms with Crippen LogP contribution in [0.4, 0.5) is 0 Å². The molecule has 1 aromatic heterocycles. The van der Waals surface area contributed by atoms with Gasteiger partial charge >= 0.3 is 5.97 Å². The first kappa shape index (κ1) is 28.0. The van der Waals surface area contributed by atoms with Crippen molar-refractivity contribution < 1.29 is 44.9 Å². The normalized spacial score (nSPS) is 54.9. The average Bonchev–Trinajstić information content (AvgIpc) is 3.50. The number of hydrogen-bond donors (Lipinski definition) is 7. The summed E-state index contributed by atoms with van der Waals surface area (Å²) in [7, 11) is 0. The zero-order chi connectivity index (χ0) is 28.7. The Morgan fingerprint density at radius 1 is 1.23 bits per heavy atom. The number of thioether (sulfide) groups is 1. The summed E-state index contributed by atoms with van der Waals surface area (Å²) in [5.41, 5.74) is -15.3. The molecule has 6 aliphatic rings. The molecular weight excluding hydrogens is 526 g/mol. The second kappa shape index (κ2) is 7.80. The molecule has 10 nitrogen and oxygen atoms in total. The van der Waals surface area contributed by atoms with Gasteiger partial charge in [0.1, 0.15) is 28.1 Å². The number of carbonyl (C=O) groups excluding carboxylic acids is 1. The second-order valence-corrected chi connectivity index (χ2v) is 14.4. The Morgan fingerprint density at radius 2 is 1.92 bits per heavy atom. The fraction of sp³-hybridized carbons (Fsp3) is 0.821. The Hall–Kier alpha value is -1.18. The lowest BCUT2D eigenvalue weighted by molar-refractivity contribution is -0.389. The Bertz CT molecular complexity index is 1200. The number of carbonyl (C=O) groups is 1. The molecule has 11 atom stereocenters. The van der Waals surface area contributed by atoms with Crippen LogP contribution in [0.25, 0.3) is 0 Å². The molecule has 7 rings (SSSR count). The first-order valence-electron chi connectivity index (χ1n) is 14.0. The van der Waals surface area contributed by atoms with E-state index in [1.165, 1.54) is 26.1 Å². The predicted molar refractivity (Wildman–Crippen MR) is 141 cm³/mol. The van der Waals surface area contributed by atoms with Crippen molar-refractivity contribution in [2.75, 3.05) is 11.5 Å². The summed E-state index contributed by atoms with van der Waals surface area (Å²) in [4.78, 5) is 16.1. The monoisotopic (exact) mass is 567 g/mol. The maximum atomic E-state index is 13.3. The molecule has 4 aliphatic carbocycles. The lowest BCUT2D eigenvalue weighted by atomic mass is 9.52. The van der Waals surface area contributed by atoms with Crippen LogP contribution in [0.2, 0.25) is 0 Å². The van der Waals surface area contributed by atoms with E-state index >= 15 is 0 Å². The molecule has 3 heterocycles. The highest BCUT2D eigenvalue weighted by atomic mass is 32.2. The summed E-state index contributed by atoms with van der Waals surface area (Å²) in [5.74, 6) is -2.94. The quantitative estimate of drug-likeness (QED) is 0.186. The van der Waals surface area contributed by atoms with Gasteiger partial charge in [-0.2, -0.15) is 11.8 Å². The van der Waals surface area contributed by atoms with E-state index in [9.17, 15) is 35.4 Å². The maximum absolute atomic E-state index is 13.3. The summed E-state index contributed by atoms with van der Waals surface area (Å²) in [6.45, 7) is 8.30. The number of H-pyrrole nitrogens is 1. The van der Waals surface area contributed by atoms with Crippen molar-refractivity contribution in [3.05, 3.63) is 24.0 Å². The van der Waals surface area contributed by atoms with Gasteiger partial charge in [0.2, 0.25) is 0 Å². The predicted octanol–water partition coefficient (Wildman–Crippen LogP) is 0.936. The maximum Gasteiger partial charge on any atom is 0.355 e. The number of aromatic nitrogens is 1. The topological polar surface area (TPSA) is 173 Å². The third kappa shape index (κ3) is 2.38. The van der Waals surface area contributed by atoms with Crippen LogP contribution in [0.15, 0.2) is 18.3 Å². The Morgan fingerprint density at radius 3 is 2.51 bits per heavy atom. The van der Waals surface area contributed by atoms with Crippen molar-refractivity contribution in [3.8, 4) is 0 Å². The highest BCUT2D eigenvalue weighted by Crippen LogP contribution is 2.90. The number of ether oxygens (including phenoxy) is 2. The zero-order valence-electron chi connectivity index (χ0n) is 23.1. The Balaban J connectivity index is 1.60. The summed E-state index contributed by atoms with van der Waals surface area (Å²) in [6.07, 6.45) is -0.659. The van der Waals surface area contributed by atoms with Gasteiger partial charge in [0.05, 0.1) is 11.5 Å². The largest absolute Gasteiger partial charge is 0.451 e. The standard InChI is InChI=1S/C28H41NO9S/c1-6-12-39-13-16-9-10-23(32)21(4)14-24(33)22(5)25(34,15(2)3)20(37-19(31)17-8-7-11-29-17)26(21,35)28(22,36)27(23,38-24)18(16)30/h7-8,11,15-16,18,20,29-30,32-36H,6,9-10,12-14H2,1-5H3/t16-,18-,20-,21+,22+,23+,24+,25-,26-,27-,28-/m1/s1. The van der Waals surface area contributed by atoms with E-state index in [0.29, 0.717) is 12.2 Å². The highest BCUT2D eigenvalue weighted by Gasteiger charge is 3.10. The van der Waals surface area contributed by atoms with Crippen molar-refractivity contribution in [1.29, 1.82) is 0 Å². The van der Waals surface area contributed by atoms with Crippen LogP contribution in [0.3, 0.4) is 0 Å². The number of aliphatic hydroxyl groups is 6. The Kier molecular flexibility index (Phi) is 5.59. The second-order valence-electron chi connectivity index (χ2n) is 13.3. The SMILES string of the molecule is CCCSC[C@H]1CC[C@]2(O)[C@]3(C)C[C@]4(O)O[C@@]2([C@@H]1O)[C@]1(O)[C@@]3(O)[C@H](OC(=O)c2ccc[nH]2)[C@](O)(C(C)C)[C@@]14C. The number of esters is 1. The van der Waals surface area contributed by atoms with E-state index in [1.807, 2.05) is 0 Å². The van der Waals surface area contributed by atoms with Gasteiger partial charge in [0, 0.05) is 18.0 Å². The molecular formula is C28H41NO9S. The van der Waals surface area contributed by atoms with Gasteiger partial charge in [0.15, 0.2) is 17.5 Å². The van der Waals surface area contributed by atoms with Crippen molar-refractivity contribution in [1.82, 2.24) is 4.98 Å². The van der Waals surface area contributed by atoms with Crippen LogP contribution in [0, 0.1) is 22.7 Å². The van der Waals surface area contributed by atoms with Gasteiger partial charge in [-0.3, -0.25) is 0 Å². The summed E-state index contributed by atoms with van der Waals surface area (Å²) >= 11 is 1.64. The van der Waals surface area contributed by atoms with E-state index in [-0.39, 0.29) is 18.5 Å². The number of nitrogens with one attached hydrogen (secondary N) is 1. The van der Waals surface area contributed by atoms with E-state index < -0.39 is 74.6 Å². The number of aromatic amines is 1. The van der Waals surface area contributed by atoms with Gasteiger partial charge in [-0.05, 0) is 61.7 Å². The average molecular weight is 568 g/mol. The van der Waals surface area contributed by atoms with Crippen molar-refractivity contribution in [2.45, 2.75) is 106 Å². The zero-order valence-corrected chi connectivity index (χ0v) is 23.9. The molecule has 2 aliphatic heterocycles. The van der Waals surface area contributed by atoms with Gasteiger partial charge in [-0.15, -0.1) is 0 Å². The molecule has 39 heavy (non-hydrogen) atoms. The lowest BCUT2D eigenvalue weighted by Crippen LogP contribution is -2.75. The molecule has 0 unspecified atom stereocenters. The minimum absolute atomic E-state index is 0.0725. The summed E-state index contributed by atoms with van der Waals surface area (Å²) in [5, 5.41) is 75.5. The van der Waals surface area contributed by atoms with Crippen molar-refractivity contribution in [2.24, 2.45) is 22.7 Å². The molecule has 1 aromatic rings. The van der Waals surface area contributed by atoms with Gasteiger partial charge < -0.3 is 45.1 Å². The first-order chi connectivity index (χ1) is 18.1. The van der Waals surface area contributed by atoms with Crippen LogP contribution < -0.4 is 0 Å². The molecule has 6 bridgehead atoms. The van der Waals surface area contributed by atoms with Gasteiger partial charge in [-0.25, -0.2) is 4.79 Å². The van der Waals surface area contributed by atoms with E-state index in [1.54, 1.807) is 31.7 Å². The third-order valence-corrected chi connectivity index (χ3v) is 13.2. The molecule has 0 amide bonds.